The molecule has 4 rings (SSSR count). The van der Waals surface area contributed by atoms with E-state index in [4.69, 9.17) is 0 Å². The molecule has 0 bridgehead atoms. The minimum absolute atomic E-state index is 0.0298. The van der Waals surface area contributed by atoms with Crippen LogP contribution >= 0.6 is 0 Å². The lowest BCUT2D eigenvalue weighted by Crippen LogP contribution is -2.47. The highest BCUT2D eigenvalue weighted by molar-refractivity contribution is 6.03. The number of amides is 2. The lowest BCUT2D eigenvalue weighted by molar-refractivity contribution is -0.138. The molecular weight excluding hydrogens is 467 g/mol. The van der Waals surface area contributed by atoms with Crippen molar-refractivity contribution in [3.63, 3.8) is 0 Å². The summed E-state index contributed by atoms with van der Waals surface area (Å²) in [6.45, 7) is 10.5. The third-order valence-electron chi connectivity index (χ3n) is 8.68. The van der Waals surface area contributed by atoms with Crippen molar-refractivity contribution in [2.24, 2.45) is 17.3 Å². The van der Waals surface area contributed by atoms with E-state index in [0.29, 0.717) is 30.6 Å². The first-order valence-electron chi connectivity index (χ1n) is 13.9. The molecule has 2 aliphatic carbocycles. The molecule has 2 amide bonds. The summed E-state index contributed by atoms with van der Waals surface area (Å²) in [4.78, 5) is 41.2. The molecule has 5 nitrogen and oxygen atoms in total. The Balaban J connectivity index is 1.55. The SMILES string of the molecule is C=C(C)C(=O)[C@H](NC(=O)c1cccc([C@H]2CCN(C(=O)C3(C)CC3)CC2/C=C/C)c1F)C1CCCCC1. The number of benzene rings is 1. The van der Waals surface area contributed by atoms with E-state index in [1.165, 1.54) is 6.07 Å². The van der Waals surface area contributed by atoms with Crippen LogP contribution in [0.5, 0.6) is 0 Å². The van der Waals surface area contributed by atoms with E-state index < -0.39 is 17.8 Å². The summed E-state index contributed by atoms with van der Waals surface area (Å²) in [5.74, 6) is -1.18. The largest absolute Gasteiger partial charge is 0.342 e. The summed E-state index contributed by atoms with van der Waals surface area (Å²) < 4.78 is 16.0. The number of likely N-dealkylation sites (tertiary alicyclic amines) is 1. The molecule has 0 spiro atoms. The number of hydrogen-bond acceptors (Lipinski definition) is 3. The third-order valence-corrected chi connectivity index (χ3v) is 8.68. The second kappa shape index (κ2) is 11.3. The summed E-state index contributed by atoms with van der Waals surface area (Å²) >= 11 is 0. The Morgan fingerprint density at radius 1 is 1.16 bits per heavy atom. The normalized spacial score (nSPS) is 24.5. The fourth-order valence-electron chi connectivity index (χ4n) is 6.14. The molecule has 0 radical (unpaired) electrons. The predicted octanol–water partition coefficient (Wildman–Crippen LogP) is 5.96. The zero-order valence-electron chi connectivity index (χ0n) is 22.5. The number of Topliss-reactive ketones (excluding diaryl/α,β-unsaturated/α-hetero) is 1. The second-order valence-corrected chi connectivity index (χ2v) is 11.6. The van der Waals surface area contributed by atoms with Crippen molar-refractivity contribution in [2.45, 2.75) is 84.1 Å². The topological polar surface area (TPSA) is 66.5 Å². The average Bonchev–Trinajstić information content (AvgIpc) is 3.65. The van der Waals surface area contributed by atoms with Crippen LogP contribution in [0.2, 0.25) is 0 Å². The van der Waals surface area contributed by atoms with Crippen LogP contribution in [-0.2, 0) is 9.59 Å². The van der Waals surface area contributed by atoms with Crippen molar-refractivity contribution in [3.8, 4) is 0 Å². The van der Waals surface area contributed by atoms with Crippen molar-refractivity contribution >= 4 is 17.6 Å². The summed E-state index contributed by atoms with van der Waals surface area (Å²) in [6.07, 6.45) is 11.4. The monoisotopic (exact) mass is 508 g/mol. The van der Waals surface area contributed by atoms with Gasteiger partial charge in [0.25, 0.3) is 5.91 Å². The average molecular weight is 509 g/mol. The summed E-state index contributed by atoms with van der Waals surface area (Å²) in [7, 11) is 0. The minimum atomic E-state index is -0.679. The van der Waals surface area contributed by atoms with E-state index in [-0.39, 0.29) is 40.4 Å². The van der Waals surface area contributed by atoms with Gasteiger partial charge in [0, 0.05) is 24.4 Å². The molecule has 3 aliphatic rings. The number of carbonyl (C=O) groups excluding carboxylic acids is 3. The first kappa shape index (κ1) is 27.3. The van der Waals surface area contributed by atoms with Crippen molar-refractivity contribution in [1.29, 1.82) is 0 Å². The van der Waals surface area contributed by atoms with Gasteiger partial charge in [-0.15, -0.1) is 0 Å². The number of ketones is 1. The first-order valence-corrected chi connectivity index (χ1v) is 13.9. The van der Waals surface area contributed by atoms with Gasteiger partial charge in [0.05, 0.1) is 11.6 Å². The number of halogens is 1. The van der Waals surface area contributed by atoms with Gasteiger partial charge in [-0.05, 0) is 75.0 Å². The molecule has 3 atom stereocenters. The van der Waals surface area contributed by atoms with Gasteiger partial charge in [-0.3, -0.25) is 14.4 Å². The highest BCUT2D eigenvalue weighted by atomic mass is 19.1. The van der Waals surface area contributed by atoms with Crippen LogP contribution in [0.3, 0.4) is 0 Å². The zero-order valence-corrected chi connectivity index (χ0v) is 22.5. The van der Waals surface area contributed by atoms with Crippen LogP contribution < -0.4 is 5.32 Å². The molecule has 1 unspecified atom stereocenters. The fourth-order valence-corrected chi connectivity index (χ4v) is 6.14. The van der Waals surface area contributed by atoms with Crippen LogP contribution in [0.25, 0.3) is 0 Å². The van der Waals surface area contributed by atoms with Gasteiger partial charge in [0.1, 0.15) is 5.82 Å². The molecule has 1 saturated heterocycles. The zero-order chi connectivity index (χ0) is 26.7. The van der Waals surface area contributed by atoms with E-state index in [2.05, 4.69) is 18.0 Å². The maximum Gasteiger partial charge on any atom is 0.254 e. The number of allylic oxidation sites excluding steroid dienone is 1. The second-order valence-electron chi connectivity index (χ2n) is 11.6. The van der Waals surface area contributed by atoms with Crippen LogP contribution in [0.1, 0.15) is 94.0 Å². The van der Waals surface area contributed by atoms with E-state index in [0.717, 1.165) is 44.9 Å². The van der Waals surface area contributed by atoms with E-state index in [1.807, 2.05) is 24.8 Å². The Labute approximate surface area is 220 Å². The van der Waals surface area contributed by atoms with E-state index in [1.54, 1.807) is 19.1 Å². The molecular formula is C31H41FN2O3. The molecule has 6 heteroatoms. The van der Waals surface area contributed by atoms with Crippen molar-refractivity contribution in [2.75, 3.05) is 13.1 Å². The van der Waals surface area contributed by atoms with Crippen LogP contribution in [0, 0.1) is 23.1 Å². The van der Waals surface area contributed by atoms with Gasteiger partial charge >= 0.3 is 0 Å². The summed E-state index contributed by atoms with van der Waals surface area (Å²) in [5, 5.41) is 2.88. The molecule has 1 N–H and O–H groups in total. The Morgan fingerprint density at radius 3 is 2.49 bits per heavy atom. The van der Waals surface area contributed by atoms with Gasteiger partial charge in [0.15, 0.2) is 5.78 Å². The molecule has 2 saturated carbocycles. The molecule has 37 heavy (non-hydrogen) atoms. The van der Waals surface area contributed by atoms with E-state index >= 15 is 4.39 Å². The number of nitrogens with one attached hydrogen (secondary N) is 1. The quantitative estimate of drug-likeness (QED) is 0.348. The highest BCUT2D eigenvalue weighted by Gasteiger charge is 2.48. The Bertz CT molecular complexity index is 1080. The molecule has 1 heterocycles. The minimum Gasteiger partial charge on any atom is -0.342 e. The van der Waals surface area contributed by atoms with Crippen LogP contribution in [0.15, 0.2) is 42.5 Å². The lowest BCUT2D eigenvalue weighted by Gasteiger charge is -2.39. The molecule has 200 valence electrons. The number of carbonyl (C=O) groups is 3. The molecule has 3 fully saturated rings. The van der Waals surface area contributed by atoms with E-state index in [9.17, 15) is 14.4 Å². The summed E-state index contributed by atoms with van der Waals surface area (Å²) in [5.41, 5.74) is 0.643. The number of rotatable bonds is 8. The highest BCUT2D eigenvalue weighted by Crippen LogP contribution is 2.48. The lowest BCUT2D eigenvalue weighted by atomic mass is 9.79. The van der Waals surface area contributed by atoms with Crippen molar-refractivity contribution in [3.05, 3.63) is 59.4 Å². The molecule has 1 aliphatic heterocycles. The number of nitrogens with zero attached hydrogens (tertiary/aromatic N) is 1. The molecule has 0 aromatic heterocycles. The Hall–Kier alpha value is -2.76. The Morgan fingerprint density at radius 2 is 1.86 bits per heavy atom. The predicted molar refractivity (Wildman–Crippen MR) is 144 cm³/mol. The maximum atomic E-state index is 16.0. The third kappa shape index (κ3) is 5.89. The van der Waals surface area contributed by atoms with Gasteiger partial charge in [0.2, 0.25) is 5.91 Å². The Kier molecular flexibility index (Phi) is 8.35. The fraction of sp³-hybridized carbons (Fsp3) is 0.581. The van der Waals surface area contributed by atoms with Crippen LogP contribution in [-0.4, -0.2) is 41.6 Å². The van der Waals surface area contributed by atoms with Crippen molar-refractivity contribution in [1.82, 2.24) is 10.2 Å². The number of piperidine rings is 1. The first-order chi connectivity index (χ1) is 17.7. The van der Waals surface area contributed by atoms with Gasteiger partial charge in [-0.1, -0.05) is 57.0 Å². The standard InChI is InChI=1S/C31H41FN2O3/c1-5-10-22-19-34(30(37)31(4)16-17-31)18-15-23(22)24-13-9-14-25(26(24)32)29(36)33-27(28(35)20(2)3)21-11-7-6-8-12-21/h5,9-10,13-14,21-23,27H,2,6-8,11-12,15-19H2,1,3-4H3,(H,33,36)/b10-5+/t22?,23-,27+/m0/s1. The molecule has 1 aromatic rings. The van der Waals surface area contributed by atoms with Gasteiger partial charge < -0.3 is 10.2 Å². The smallest absolute Gasteiger partial charge is 0.254 e. The van der Waals surface area contributed by atoms with Gasteiger partial charge in [-0.2, -0.15) is 0 Å². The number of hydrogen-bond donors (Lipinski definition) is 1. The molecule has 1 aromatic carbocycles. The maximum absolute atomic E-state index is 16.0. The summed E-state index contributed by atoms with van der Waals surface area (Å²) in [6, 6.07) is 4.29. The van der Waals surface area contributed by atoms with Gasteiger partial charge in [-0.25, -0.2) is 4.39 Å². The van der Waals surface area contributed by atoms with Crippen LogP contribution in [0.4, 0.5) is 4.39 Å². The van der Waals surface area contributed by atoms with Crippen molar-refractivity contribution < 1.29 is 18.8 Å².